The quantitative estimate of drug-likeness (QED) is 0.421. The Labute approximate surface area is 177 Å². The van der Waals surface area contributed by atoms with Gasteiger partial charge in [0, 0.05) is 15.8 Å². The molecule has 0 aliphatic heterocycles. The number of rotatable bonds is 4. The Bertz CT molecular complexity index is 1380. The van der Waals surface area contributed by atoms with E-state index in [2.05, 4.69) is 15.4 Å². The van der Waals surface area contributed by atoms with Gasteiger partial charge in [-0.1, -0.05) is 60.1 Å². The summed E-state index contributed by atoms with van der Waals surface area (Å²) in [5.41, 5.74) is 3.85. The first-order chi connectivity index (χ1) is 14.7. The van der Waals surface area contributed by atoms with Crippen LogP contribution in [0.4, 0.5) is 5.69 Å². The first-order valence-electron chi connectivity index (χ1n) is 9.53. The molecule has 0 radical (unpaired) electrons. The third kappa shape index (κ3) is 3.51. The molecule has 0 saturated heterocycles. The van der Waals surface area contributed by atoms with Gasteiger partial charge in [0.05, 0.1) is 29.5 Å². The summed E-state index contributed by atoms with van der Waals surface area (Å²) in [6.07, 6.45) is 1.66. The zero-order valence-electron chi connectivity index (χ0n) is 15.9. The lowest BCUT2D eigenvalue weighted by Crippen LogP contribution is -2.14. The minimum Gasteiger partial charge on any atom is -0.319 e. The summed E-state index contributed by atoms with van der Waals surface area (Å²) in [6.45, 7) is 0.544. The minimum absolute atomic E-state index is 0.266. The van der Waals surface area contributed by atoms with Crippen molar-refractivity contribution >= 4 is 45.0 Å². The number of nitrogens with zero attached hydrogens (tertiary/aromatic N) is 3. The number of carbonyl (C=O) groups is 1. The van der Waals surface area contributed by atoms with Crippen LogP contribution in [0.2, 0.25) is 5.02 Å². The summed E-state index contributed by atoms with van der Waals surface area (Å²) in [4.78, 5) is 17.4. The number of fused-ring (bicyclic) bond motifs is 2. The van der Waals surface area contributed by atoms with Crippen LogP contribution in [0.25, 0.3) is 21.8 Å². The molecular formula is C24H17ClN4O. The molecule has 5 aromatic rings. The topological polar surface area (TPSA) is 59.8 Å². The van der Waals surface area contributed by atoms with E-state index >= 15 is 0 Å². The maximum atomic E-state index is 13.0. The van der Waals surface area contributed by atoms with Gasteiger partial charge in [-0.3, -0.25) is 14.5 Å². The van der Waals surface area contributed by atoms with Gasteiger partial charge in [-0.25, -0.2) is 0 Å². The van der Waals surface area contributed by atoms with Gasteiger partial charge in [0.1, 0.15) is 0 Å². The van der Waals surface area contributed by atoms with Crippen LogP contribution < -0.4 is 5.32 Å². The van der Waals surface area contributed by atoms with Gasteiger partial charge in [0.15, 0.2) is 5.69 Å². The zero-order valence-corrected chi connectivity index (χ0v) is 16.7. The highest BCUT2D eigenvalue weighted by Gasteiger charge is 2.17. The molecule has 0 aliphatic rings. The molecule has 1 amide bonds. The fourth-order valence-corrected chi connectivity index (χ4v) is 3.63. The van der Waals surface area contributed by atoms with Gasteiger partial charge in [-0.05, 0) is 35.9 Å². The number of pyridine rings is 1. The minimum atomic E-state index is -0.266. The van der Waals surface area contributed by atoms with Crippen LogP contribution in [0, 0.1) is 0 Å². The van der Waals surface area contributed by atoms with Gasteiger partial charge in [-0.15, -0.1) is 0 Å². The largest absolute Gasteiger partial charge is 0.319 e. The van der Waals surface area contributed by atoms with Crippen molar-refractivity contribution in [1.82, 2.24) is 14.8 Å². The van der Waals surface area contributed by atoms with Gasteiger partial charge in [-0.2, -0.15) is 5.10 Å². The van der Waals surface area contributed by atoms with Crippen molar-refractivity contribution in [2.75, 3.05) is 5.32 Å². The number of benzene rings is 3. The fourth-order valence-electron chi connectivity index (χ4n) is 3.51. The van der Waals surface area contributed by atoms with Crippen molar-refractivity contribution in [3.05, 3.63) is 101 Å². The molecule has 0 aliphatic carbocycles. The number of hydrogen-bond acceptors (Lipinski definition) is 3. The molecule has 5 nitrogen and oxygen atoms in total. The normalized spacial score (nSPS) is 11.1. The van der Waals surface area contributed by atoms with Crippen molar-refractivity contribution in [3.8, 4) is 0 Å². The summed E-state index contributed by atoms with van der Waals surface area (Å²) < 4.78 is 1.84. The highest BCUT2D eigenvalue weighted by atomic mass is 35.5. The van der Waals surface area contributed by atoms with E-state index in [4.69, 9.17) is 11.6 Å². The summed E-state index contributed by atoms with van der Waals surface area (Å²) in [6, 6.07) is 25.0. The van der Waals surface area contributed by atoms with Crippen LogP contribution >= 0.6 is 11.6 Å². The van der Waals surface area contributed by atoms with Gasteiger partial charge < -0.3 is 5.32 Å². The summed E-state index contributed by atoms with van der Waals surface area (Å²) >= 11 is 5.99. The second-order valence-corrected chi connectivity index (χ2v) is 7.46. The monoisotopic (exact) mass is 412 g/mol. The lowest BCUT2D eigenvalue weighted by Gasteiger charge is -2.05. The Hall–Kier alpha value is -3.70. The average molecular weight is 413 g/mol. The highest BCUT2D eigenvalue weighted by Crippen LogP contribution is 2.22. The number of carbonyl (C=O) groups excluding carboxylic acids is 1. The van der Waals surface area contributed by atoms with Crippen LogP contribution in [0.3, 0.4) is 0 Å². The first-order valence-corrected chi connectivity index (χ1v) is 9.91. The predicted octanol–water partition coefficient (Wildman–Crippen LogP) is 5.54. The first kappa shape index (κ1) is 18.3. The van der Waals surface area contributed by atoms with E-state index in [1.807, 2.05) is 83.5 Å². The van der Waals surface area contributed by atoms with E-state index in [1.165, 1.54) is 0 Å². The number of hydrogen-bond donors (Lipinski definition) is 1. The van der Waals surface area contributed by atoms with E-state index in [9.17, 15) is 4.79 Å². The molecular weight excluding hydrogens is 396 g/mol. The maximum Gasteiger partial charge on any atom is 0.276 e. The van der Waals surface area contributed by atoms with Gasteiger partial charge in [0.25, 0.3) is 5.91 Å². The Morgan fingerprint density at radius 1 is 0.967 bits per heavy atom. The predicted molar refractivity (Wildman–Crippen MR) is 120 cm³/mol. The Morgan fingerprint density at radius 3 is 2.60 bits per heavy atom. The smallest absolute Gasteiger partial charge is 0.276 e. The summed E-state index contributed by atoms with van der Waals surface area (Å²) in [7, 11) is 0. The number of amides is 1. The van der Waals surface area contributed by atoms with E-state index in [0.717, 1.165) is 27.4 Å². The molecule has 0 bridgehead atoms. The fraction of sp³-hybridized carbons (Fsp3) is 0.0417. The second kappa shape index (κ2) is 7.61. The van der Waals surface area contributed by atoms with Crippen molar-refractivity contribution in [2.24, 2.45) is 0 Å². The molecule has 6 heteroatoms. The zero-order chi connectivity index (χ0) is 20.5. The molecule has 3 aromatic carbocycles. The molecule has 2 aromatic heterocycles. The molecule has 5 rings (SSSR count). The molecule has 146 valence electrons. The maximum absolute atomic E-state index is 13.0. The molecule has 2 heterocycles. The van der Waals surface area contributed by atoms with Crippen LogP contribution in [0.5, 0.6) is 0 Å². The SMILES string of the molecule is O=C(Nc1cnc2ccccc2c1)c1nn(Cc2ccc(Cl)cc2)c2ccccc12. The van der Waals surface area contributed by atoms with Crippen molar-refractivity contribution in [2.45, 2.75) is 6.54 Å². The van der Waals surface area contributed by atoms with Crippen LogP contribution in [-0.2, 0) is 6.54 Å². The van der Waals surface area contributed by atoms with Gasteiger partial charge in [0.2, 0.25) is 0 Å². The van der Waals surface area contributed by atoms with Crippen molar-refractivity contribution in [3.63, 3.8) is 0 Å². The molecule has 0 unspecified atom stereocenters. The molecule has 30 heavy (non-hydrogen) atoms. The molecule has 1 N–H and O–H groups in total. The molecule has 0 saturated carbocycles. The van der Waals surface area contributed by atoms with E-state index in [0.29, 0.717) is 22.9 Å². The highest BCUT2D eigenvalue weighted by molar-refractivity contribution is 6.30. The Morgan fingerprint density at radius 2 is 1.73 bits per heavy atom. The van der Waals surface area contributed by atoms with Crippen LogP contribution in [0.1, 0.15) is 16.1 Å². The number of nitrogens with one attached hydrogen (secondary N) is 1. The number of anilines is 1. The summed E-state index contributed by atoms with van der Waals surface area (Å²) in [5, 5.41) is 10.0. The van der Waals surface area contributed by atoms with E-state index < -0.39 is 0 Å². The lowest BCUT2D eigenvalue weighted by molar-refractivity contribution is 0.102. The standard InChI is InChI=1S/C24H17ClN4O/c25-18-11-9-16(10-12-18)15-29-22-8-4-2-6-20(22)23(28-29)24(30)27-19-13-17-5-1-3-7-21(17)26-14-19/h1-14H,15H2,(H,27,30). The van der Waals surface area contributed by atoms with E-state index in [-0.39, 0.29) is 5.91 Å². The number of aromatic nitrogens is 3. The van der Waals surface area contributed by atoms with Crippen molar-refractivity contribution < 1.29 is 4.79 Å². The molecule has 0 atom stereocenters. The summed E-state index contributed by atoms with van der Waals surface area (Å²) in [5.74, 6) is -0.266. The van der Waals surface area contributed by atoms with Crippen LogP contribution in [0.15, 0.2) is 85.1 Å². The van der Waals surface area contributed by atoms with E-state index in [1.54, 1.807) is 6.20 Å². The number of halogens is 1. The number of para-hydroxylation sites is 2. The van der Waals surface area contributed by atoms with Gasteiger partial charge >= 0.3 is 0 Å². The molecule has 0 spiro atoms. The molecule has 0 fully saturated rings. The average Bonchev–Trinajstić information content (AvgIpc) is 3.14. The Balaban J connectivity index is 1.48. The lowest BCUT2D eigenvalue weighted by atomic mass is 10.2. The van der Waals surface area contributed by atoms with Crippen molar-refractivity contribution in [1.29, 1.82) is 0 Å². The third-order valence-corrected chi connectivity index (χ3v) is 5.22. The Kier molecular flexibility index (Phi) is 4.65. The third-order valence-electron chi connectivity index (χ3n) is 4.97. The van der Waals surface area contributed by atoms with Crippen LogP contribution in [-0.4, -0.2) is 20.7 Å². The second-order valence-electron chi connectivity index (χ2n) is 7.02.